The van der Waals surface area contributed by atoms with Crippen LogP contribution in [0.1, 0.15) is 24.1 Å². The molecule has 110 valence electrons. The molecule has 1 N–H and O–H groups in total. The van der Waals surface area contributed by atoms with Crippen molar-refractivity contribution in [2.45, 2.75) is 25.9 Å². The van der Waals surface area contributed by atoms with E-state index in [9.17, 15) is 0 Å². The number of hydrogen-bond acceptors (Lipinski definition) is 2. The third-order valence-corrected chi connectivity index (χ3v) is 4.66. The average Bonchev–Trinajstić information content (AvgIpc) is 2.50. The number of benzene rings is 2. The van der Waals surface area contributed by atoms with Crippen molar-refractivity contribution in [2.24, 2.45) is 0 Å². The molecule has 1 aliphatic rings. The molecular formula is C18H21BrN2. The predicted octanol–water partition coefficient (Wildman–Crippen LogP) is 4.30. The fourth-order valence-corrected chi connectivity index (χ4v) is 3.39. The molecule has 3 heteroatoms. The molecule has 0 aromatic heterocycles. The highest BCUT2D eigenvalue weighted by Crippen LogP contribution is 2.33. The van der Waals surface area contributed by atoms with Gasteiger partial charge in [0.25, 0.3) is 0 Å². The SMILES string of the molecule is Cc1ccc(Br)cc1N1CC(C)NCC1c1ccccc1. The summed E-state index contributed by atoms with van der Waals surface area (Å²) in [4.78, 5) is 2.54. The highest BCUT2D eigenvalue weighted by Gasteiger charge is 2.28. The Bertz CT molecular complexity index is 612. The van der Waals surface area contributed by atoms with E-state index in [1.807, 2.05) is 0 Å². The van der Waals surface area contributed by atoms with Gasteiger partial charge in [0.05, 0.1) is 6.04 Å². The van der Waals surface area contributed by atoms with Gasteiger partial charge < -0.3 is 10.2 Å². The van der Waals surface area contributed by atoms with Gasteiger partial charge >= 0.3 is 0 Å². The van der Waals surface area contributed by atoms with Gasteiger partial charge in [0.1, 0.15) is 0 Å². The number of hydrogen-bond donors (Lipinski definition) is 1. The molecule has 1 heterocycles. The second-order valence-electron chi connectivity index (χ2n) is 5.82. The first-order valence-corrected chi connectivity index (χ1v) is 8.25. The molecule has 2 unspecified atom stereocenters. The maximum absolute atomic E-state index is 3.61. The molecule has 2 atom stereocenters. The monoisotopic (exact) mass is 344 g/mol. The molecule has 0 amide bonds. The molecule has 0 saturated carbocycles. The van der Waals surface area contributed by atoms with Crippen molar-refractivity contribution in [2.75, 3.05) is 18.0 Å². The maximum atomic E-state index is 3.61. The van der Waals surface area contributed by atoms with Crippen LogP contribution in [0.2, 0.25) is 0 Å². The Kier molecular flexibility index (Phi) is 4.32. The van der Waals surface area contributed by atoms with Crippen LogP contribution in [0.4, 0.5) is 5.69 Å². The van der Waals surface area contributed by atoms with E-state index in [2.05, 4.69) is 88.5 Å². The van der Waals surface area contributed by atoms with Gasteiger partial charge in [-0.2, -0.15) is 0 Å². The first-order chi connectivity index (χ1) is 10.1. The van der Waals surface area contributed by atoms with Crippen LogP contribution in [0.3, 0.4) is 0 Å². The molecule has 21 heavy (non-hydrogen) atoms. The normalized spacial score (nSPS) is 22.3. The number of aryl methyl sites for hydroxylation is 1. The molecule has 3 rings (SSSR count). The smallest absolute Gasteiger partial charge is 0.0667 e. The summed E-state index contributed by atoms with van der Waals surface area (Å²) < 4.78 is 1.14. The Hall–Kier alpha value is -1.32. The molecule has 2 aromatic carbocycles. The number of nitrogens with zero attached hydrogens (tertiary/aromatic N) is 1. The molecule has 1 aliphatic heterocycles. The standard InChI is InChI=1S/C18H21BrN2/c1-13-8-9-16(19)10-17(13)21-12-14(2)20-11-18(21)15-6-4-3-5-7-15/h3-10,14,18,20H,11-12H2,1-2H3. The minimum absolute atomic E-state index is 0.385. The van der Waals surface area contributed by atoms with E-state index < -0.39 is 0 Å². The number of nitrogens with one attached hydrogen (secondary N) is 1. The Morgan fingerprint density at radius 1 is 1.14 bits per heavy atom. The van der Waals surface area contributed by atoms with Gasteiger partial charge in [0.2, 0.25) is 0 Å². The average molecular weight is 345 g/mol. The van der Waals surface area contributed by atoms with Crippen molar-refractivity contribution >= 4 is 21.6 Å². The van der Waals surface area contributed by atoms with Crippen molar-refractivity contribution in [1.29, 1.82) is 0 Å². The fourth-order valence-electron chi connectivity index (χ4n) is 3.04. The van der Waals surface area contributed by atoms with Gasteiger partial charge in [0, 0.05) is 29.3 Å². The topological polar surface area (TPSA) is 15.3 Å². The second-order valence-corrected chi connectivity index (χ2v) is 6.73. The van der Waals surface area contributed by atoms with E-state index in [-0.39, 0.29) is 0 Å². The number of halogens is 1. The highest BCUT2D eigenvalue weighted by molar-refractivity contribution is 9.10. The van der Waals surface area contributed by atoms with Crippen LogP contribution in [0.15, 0.2) is 53.0 Å². The molecular weight excluding hydrogens is 324 g/mol. The van der Waals surface area contributed by atoms with Crippen molar-refractivity contribution in [3.63, 3.8) is 0 Å². The van der Waals surface area contributed by atoms with Gasteiger partial charge in [-0.25, -0.2) is 0 Å². The van der Waals surface area contributed by atoms with E-state index in [4.69, 9.17) is 0 Å². The minimum atomic E-state index is 0.385. The lowest BCUT2D eigenvalue weighted by Gasteiger charge is -2.42. The van der Waals surface area contributed by atoms with Gasteiger partial charge in [-0.15, -0.1) is 0 Å². The van der Waals surface area contributed by atoms with E-state index in [0.29, 0.717) is 12.1 Å². The maximum Gasteiger partial charge on any atom is 0.0667 e. The summed E-state index contributed by atoms with van der Waals surface area (Å²) in [6.07, 6.45) is 0. The van der Waals surface area contributed by atoms with Crippen molar-refractivity contribution < 1.29 is 0 Å². The summed E-state index contributed by atoms with van der Waals surface area (Å²) >= 11 is 3.61. The van der Waals surface area contributed by atoms with Gasteiger partial charge in [0.15, 0.2) is 0 Å². The molecule has 1 saturated heterocycles. The first-order valence-electron chi connectivity index (χ1n) is 7.46. The summed E-state index contributed by atoms with van der Waals surface area (Å²) in [5, 5.41) is 3.61. The van der Waals surface area contributed by atoms with Crippen LogP contribution in [0, 0.1) is 6.92 Å². The molecule has 2 aromatic rings. The van der Waals surface area contributed by atoms with E-state index in [1.165, 1.54) is 16.8 Å². The summed E-state index contributed by atoms with van der Waals surface area (Å²) in [5.41, 5.74) is 4.02. The van der Waals surface area contributed by atoms with Crippen LogP contribution >= 0.6 is 15.9 Å². The first kappa shape index (κ1) is 14.6. The fraction of sp³-hybridized carbons (Fsp3) is 0.333. The Morgan fingerprint density at radius 3 is 2.67 bits per heavy atom. The molecule has 0 aliphatic carbocycles. The number of rotatable bonds is 2. The lowest BCUT2D eigenvalue weighted by Crippen LogP contribution is -2.51. The molecule has 0 spiro atoms. The summed E-state index contributed by atoms with van der Waals surface area (Å²) in [6.45, 7) is 6.45. The molecule has 1 fully saturated rings. The Labute approximate surface area is 135 Å². The minimum Gasteiger partial charge on any atom is -0.361 e. The zero-order valence-electron chi connectivity index (χ0n) is 12.5. The van der Waals surface area contributed by atoms with E-state index in [1.54, 1.807) is 0 Å². The lowest BCUT2D eigenvalue weighted by molar-refractivity contribution is 0.416. The second kappa shape index (κ2) is 6.20. The molecule has 0 bridgehead atoms. The van der Waals surface area contributed by atoms with E-state index >= 15 is 0 Å². The lowest BCUT2D eigenvalue weighted by atomic mass is 9.99. The number of anilines is 1. The van der Waals surface area contributed by atoms with Crippen LogP contribution < -0.4 is 10.2 Å². The predicted molar refractivity (Wildman–Crippen MR) is 92.9 cm³/mol. The van der Waals surface area contributed by atoms with Crippen molar-refractivity contribution in [3.05, 3.63) is 64.1 Å². The van der Waals surface area contributed by atoms with Crippen LogP contribution in [0.25, 0.3) is 0 Å². The van der Waals surface area contributed by atoms with Crippen molar-refractivity contribution in [1.82, 2.24) is 5.32 Å². The molecule has 0 radical (unpaired) electrons. The van der Waals surface area contributed by atoms with Crippen LogP contribution in [-0.4, -0.2) is 19.1 Å². The third kappa shape index (κ3) is 3.14. The quantitative estimate of drug-likeness (QED) is 0.873. The Morgan fingerprint density at radius 2 is 1.90 bits per heavy atom. The zero-order chi connectivity index (χ0) is 14.8. The van der Waals surface area contributed by atoms with Crippen molar-refractivity contribution in [3.8, 4) is 0 Å². The number of piperazine rings is 1. The van der Waals surface area contributed by atoms with Crippen LogP contribution in [0.5, 0.6) is 0 Å². The van der Waals surface area contributed by atoms with Gasteiger partial charge in [-0.3, -0.25) is 0 Å². The highest BCUT2D eigenvalue weighted by atomic mass is 79.9. The zero-order valence-corrected chi connectivity index (χ0v) is 14.1. The third-order valence-electron chi connectivity index (χ3n) is 4.17. The summed E-state index contributed by atoms with van der Waals surface area (Å²) in [7, 11) is 0. The van der Waals surface area contributed by atoms with Gasteiger partial charge in [-0.1, -0.05) is 52.3 Å². The summed E-state index contributed by atoms with van der Waals surface area (Å²) in [5.74, 6) is 0. The van der Waals surface area contributed by atoms with Crippen LogP contribution in [-0.2, 0) is 0 Å². The Balaban J connectivity index is 2.00. The summed E-state index contributed by atoms with van der Waals surface area (Å²) in [6, 6.07) is 18.2. The molecule has 2 nitrogen and oxygen atoms in total. The largest absolute Gasteiger partial charge is 0.361 e. The van der Waals surface area contributed by atoms with Gasteiger partial charge in [-0.05, 0) is 37.1 Å². The van der Waals surface area contributed by atoms with E-state index in [0.717, 1.165) is 17.6 Å².